The number of aliphatic hydroxyl groups excluding tert-OH is 7. The molecule has 123 heavy (non-hydrogen) atoms. The number of hydrogen-bond donors (Lipinski definition) is 20. The van der Waals surface area contributed by atoms with Crippen molar-refractivity contribution in [1.82, 2.24) is 42.5 Å². The van der Waals surface area contributed by atoms with Gasteiger partial charge in [-0.15, -0.1) is 0 Å². The lowest BCUT2D eigenvalue weighted by atomic mass is 9.89. The number of phenols is 4. The zero-order valence-electron chi connectivity index (χ0n) is 66.1. The molecule has 8 aliphatic heterocycles. The number of hydrogen-bond acceptors (Lipinski definition) is 29. The third-order valence-corrected chi connectivity index (χ3v) is 22.5. The van der Waals surface area contributed by atoms with E-state index in [-0.39, 0.29) is 34.8 Å². The summed E-state index contributed by atoms with van der Waals surface area (Å²) in [6.45, 7) is 3.28. The molecule has 2 saturated heterocycles. The van der Waals surface area contributed by atoms with E-state index in [9.17, 15) is 80.5 Å². The number of aromatic hydroxyl groups is 4. The predicted molar refractivity (Wildman–Crippen MR) is 428 cm³/mol. The van der Waals surface area contributed by atoms with Gasteiger partial charge in [-0.25, -0.2) is 9.59 Å². The van der Waals surface area contributed by atoms with Crippen LogP contribution in [0.25, 0.3) is 11.1 Å². The number of carbonyl (C=O) groups excluding carboxylic acids is 8. The molecule has 0 radical (unpaired) electrons. The summed E-state index contributed by atoms with van der Waals surface area (Å²) in [5.74, 6) is -18.1. The van der Waals surface area contributed by atoms with E-state index in [2.05, 4.69) is 56.4 Å². The van der Waals surface area contributed by atoms with Crippen LogP contribution in [0.3, 0.4) is 0 Å². The molecule has 0 saturated carbocycles. The number of aliphatic hydroxyl groups is 7. The number of aliphatic carboxylic acids is 1. The number of likely N-dealkylation sites (N-methyl/N-ethyl adjacent to an activating group) is 1. The Morgan fingerprint density at radius 2 is 1.20 bits per heavy atom. The lowest BCUT2D eigenvalue weighted by molar-refractivity contribution is -0.277. The highest BCUT2D eigenvalue weighted by atomic mass is 35.5. The average molecular weight is 1750 g/mol. The highest BCUT2D eigenvalue weighted by molar-refractivity contribution is 6.33. The summed E-state index contributed by atoms with van der Waals surface area (Å²) in [7, 11) is 2.38. The van der Waals surface area contributed by atoms with Crippen LogP contribution >= 0.6 is 23.2 Å². The van der Waals surface area contributed by atoms with E-state index >= 15 is 24.0 Å². The fourth-order valence-electron chi connectivity index (χ4n) is 15.3. The number of benzene rings is 7. The largest absolute Gasteiger partial charge is 0.508 e. The molecule has 17 bridgehead atoms. The Bertz CT molecular complexity index is 5220. The predicted octanol–water partition coefficient (Wildman–Crippen LogP) is 4.27. The third-order valence-electron chi connectivity index (χ3n) is 21.8. The van der Waals surface area contributed by atoms with Crippen molar-refractivity contribution in [2.45, 2.75) is 181 Å². The molecule has 8 aliphatic rings. The number of carboxylic acid groups (broad SMARTS) is 1. The van der Waals surface area contributed by atoms with Crippen LogP contribution < -0.4 is 66.2 Å². The van der Waals surface area contributed by atoms with Crippen molar-refractivity contribution in [3.05, 3.63) is 164 Å². The van der Waals surface area contributed by atoms with E-state index in [0.29, 0.717) is 24.3 Å². The second kappa shape index (κ2) is 37.9. The Morgan fingerprint density at radius 3 is 1.89 bits per heavy atom. The van der Waals surface area contributed by atoms with Crippen molar-refractivity contribution in [3.8, 4) is 80.1 Å². The number of halogens is 2. The Labute approximate surface area is 710 Å². The third kappa shape index (κ3) is 19.3. The van der Waals surface area contributed by atoms with Crippen LogP contribution in [0.4, 0.5) is 0 Å². The van der Waals surface area contributed by atoms with Crippen LogP contribution in [0, 0.1) is 5.92 Å². The first-order valence-electron chi connectivity index (χ1n) is 39.3. The van der Waals surface area contributed by atoms with Crippen LogP contribution in [0.15, 0.2) is 115 Å². The molecular formula is C84H90Cl2N8O29. The number of nitrogens with one attached hydrogen (secondary N) is 8. The minimum absolute atomic E-state index is 0.127. The summed E-state index contributed by atoms with van der Waals surface area (Å²) in [5.41, 5.74) is -3.19. The Morgan fingerprint density at radius 1 is 0.553 bits per heavy atom. The van der Waals surface area contributed by atoms with Crippen LogP contribution in [0.5, 0.6) is 69.0 Å². The number of amides is 7. The van der Waals surface area contributed by atoms with Crippen LogP contribution in [-0.4, -0.2) is 209 Å². The van der Waals surface area contributed by atoms with Gasteiger partial charge in [0, 0.05) is 47.2 Å². The van der Waals surface area contributed by atoms with Crippen molar-refractivity contribution in [2.75, 3.05) is 20.8 Å². The summed E-state index contributed by atoms with van der Waals surface area (Å²) >= 11 is 14.2. The highest BCUT2D eigenvalue weighted by Gasteiger charge is 2.52. The average Bonchev–Trinajstić information content (AvgIpc) is 0.759. The van der Waals surface area contributed by atoms with Gasteiger partial charge in [0.05, 0.1) is 23.8 Å². The molecule has 37 nitrogen and oxygen atoms in total. The summed E-state index contributed by atoms with van der Waals surface area (Å²) in [6, 6.07) is 4.80. The number of carbonyl (C=O) groups is 9. The van der Waals surface area contributed by atoms with Gasteiger partial charge in [0.15, 0.2) is 35.1 Å². The van der Waals surface area contributed by atoms with E-state index in [0.717, 1.165) is 112 Å². The Hall–Kier alpha value is -11.9. The number of fused-ring (bicyclic) bond motifs is 14. The van der Waals surface area contributed by atoms with E-state index in [4.69, 9.17) is 61.1 Å². The fraction of sp³-hybridized carbons (Fsp3) is 0.393. The van der Waals surface area contributed by atoms with E-state index in [1.807, 2.05) is 0 Å². The molecule has 0 unspecified atom stereocenters. The molecule has 0 aliphatic carbocycles. The zero-order valence-corrected chi connectivity index (χ0v) is 67.6. The summed E-state index contributed by atoms with van der Waals surface area (Å²) in [6.07, 6.45) is -15.7. The van der Waals surface area contributed by atoms with Gasteiger partial charge in [0.2, 0.25) is 59.7 Å². The van der Waals surface area contributed by atoms with Gasteiger partial charge in [-0.2, -0.15) is 0 Å². The first-order chi connectivity index (χ1) is 58.7. The number of rotatable bonds is 18. The maximum atomic E-state index is 16.7. The number of esters is 1. The minimum atomic E-state index is -2.45. The fourth-order valence-corrected chi connectivity index (χ4v) is 15.7. The molecule has 7 amide bonds. The quantitative estimate of drug-likeness (QED) is 0.0421. The molecule has 2 fully saturated rings. The van der Waals surface area contributed by atoms with Gasteiger partial charge >= 0.3 is 11.9 Å². The van der Waals surface area contributed by atoms with Crippen molar-refractivity contribution in [1.29, 1.82) is 0 Å². The van der Waals surface area contributed by atoms with E-state index in [1.165, 1.54) is 49.5 Å². The number of methoxy groups -OCH3 is 1. The smallest absolute Gasteiger partial charge is 0.337 e. The van der Waals surface area contributed by atoms with Crippen LogP contribution in [-0.2, 0) is 63.8 Å². The van der Waals surface area contributed by atoms with E-state index < -0.39 is 271 Å². The molecule has 0 spiro atoms. The van der Waals surface area contributed by atoms with Crippen LogP contribution in [0.1, 0.15) is 140 Å². The number of ether oxygens (including phenoxy) is 8. The number of phenolic OH excluding ortho intramolecular Hbond substituents is 4. The maximum Gasteiger partial charge on any atom is 0.337 e. The van der Waals surface area contributed by atoms with Gasteiger partial charge in [-0.1, -0.05) is 106 Å². The molecule has 18 atom stereocenters. The summed E-state index contributed by atoms with van der Waals surface area (Å²) in [5, 5.41) is 157. The van der Waals surface area contributed by atoms with Crippen molar-refractivity contribution in [3.63, 3.8) is 0 Å². The van der Waals surface area contributed by atoms with Crippen molar-refractivity contribution >= 4 is 76.5 Å². The van der Waals surface area contributed by atoms with Gasteiger partial charge in [-0.05, 0) is 120 Å². The zero-order chi connectivity index (χ0) is 88.3. The Balaban J connectivity index is 1.04. The monoisotopic (exact) mass is 1740 g/mol. The molecule has 8 heterocycles. The normalized spacial score (nSPS) is 26.4. The molecule has 654 valence electrons. The topological polar surface area (TPSA) is 566 Å². The summed E-state index contributed by atoms with van der Waals surface area (Å²) < 4.78 is 49.4. The number of unbranched alkanes of at least 4 members (excludes halogenated alkanes) is 5. The molecule has 39 heteroatoms. The Kier molecular flexibility index (Phi) is 27.4. The van der Waals surface area contributed by atoms with Crippen LogP contribution in [0.2, 0.25) is 10.0 Å². The minimum Gasteiger partial charge on any atom is -0.508 e. The van der Waals surface area contributed by atoms with Crippen molar-refractivity contribution < 1.29 is 142 Å². The lowest BCUT2D eigenvalue weighted by Gasteiger charge is -2.41. The molecular weight excluding hydrogens is 1660 g/mol. The second-order valence-corrected chi connectivity index (χ2v) is 31.6. The molecule has 20 N–H and O–H groups in total. The first kappa shape index (κ1) is 88.9. The van der Waals surface area contributed by atoms with Gasteiger partial charge in [0.1, 0.15) is 125 Å². The van der Waals surface area contributed by atoms with Gasteiger partial charge in [0.25, 0.3) is 0 Å². The lowest BCUT2D eigenvalue weighted by Crippen LogP contribution is -2.66. The van der Waals surface area contributed by atoms with Crippen molar-refractivity contribution in [2.24, 2.45) is 5.92 Å². The molecule has 0 aromatic heterocycles. The second-order valence-electron chi connectivity index (χ2n) is 30.8. The molecule has 7 aromatic rings. The van der Waals surface area contributed by atoms with E-state index in [1.54, 1.807) is 0 Å². The van der Waals surface area contributed by atoms with Gasteiger partial charge in [-0.3, -0.25) is 33.6 Å². The highest BCUT2D eigenvalue weighted by Crippen LogP contribution is 2.50. The summed E-state index contributed by atoms with van der Waals surface area (Å²) in [4.78, 5) is 137. The number of carboxylic acids is 1. The maximum absolute atomic E-state index is 16.7. The standard InChI is InChI=1S/C84H90Cl2N8O29/c1-34(2)11-9-7-5-6-8-10-12-57(100)89-66-69(103)71(105)74(82(115)116-4)123-83(66)122-73-54-27-39-28-55(73)119-51-22-17-38(25-46(51)85)67(101)65-80(112)93-64(81(113)114)44-29-40(96)30-53(120-84-72(106)70(104)68(102)56(33-95)121-84)58(44)43-24-36(15-20-48(43)97)61(77(109)94-65)90-78(110)62(39)91-79(111)63-45-31-42(32-50(99)59(45)86)118-52-26-37(16-21-49(52)98)60(87-3)76(108)88-47(75(107)92-63)23-35-13-18-41(117-54)19-14-35/h13-22,24-32,34,47,56,60-72,74,83-84,87,95-99,101-106H,5-12,23,33H2,1-4H3,(H,88,108)(H,89,100)(H,90,110)(H,91,111)(H,92,107)(H,93,112)(H,94,109)(H,113,114)/t47-,56-,60+,61-,62-,63+,64+,65+,66-,67-,68-,69-,70+,71+,72+,74+,83-,84+/m1/s1. The molecule has 15 rings (SSSR count). The SMILES string of the molecule is CN[C@@H]1C(=O)N[C@@H]2Cc3ccc(cc3)Oc3cc4cc(c3O[C@@H]3O[C@H](C(=O)OC)[C@@H](O)[C@H](O)[C@H]3NC(=O)CCCCCCCCC(C)C)Oc3ccc(cc3Cl)[C@@H](O)[C@@H]3NC(=O)[C@H](NC(=O)[C@@H]4NC(=O)[C@@H](NC2=O)c2cc(cc(O)c2Cl)Oc2cc1ccc2O)c1ccc(O)c(c1)-c1c(O[C@H]2O[C@H](CO)[C@@H](O)[C@H](O)[C@@H]2O)cc(O)cc1[C@@H](C(=O)O)NC3=O. The molecule has 7 aromatic carbocycles. The first-order valence-corrected chi connectivity index (χ1v) is 40.1. The van der Waals surface area contributed by atoms with Gasteiger partial charge < -0.3 is 142 Å².